The van der Waals surface area contributed by atoms with Gasteiger partial charge in [-0.3, -0.25) is 4.79 Å². The molecule has 5 nitrogen and oxygen atoms in total. The van der Waals surface area contributed by atoms with E-state index in [1.165, 1.54) is 11.1 Å². The number of aryl methyl sites for hydroxylation is 2. The Morgan fingerprint density at radius 2 is 2.33 bits per heavy atom. The molecular weight excluding hydrogens is 328 g/mol. The van der Waals surface area contributed by atoms with Crippen LogP contribution in [0.4, 0.5) is 0 Å². The number of carbonyl (C=O) groups is 1. The van der Waals surface area contributed by atoms with E-state index in [2.05, 4.69) is 22.6 Å². The highest BCUT2D eigenvalue weighted by atomic mass is 35.5. The topological polar surface area (TPSA) is 64.4 Å². The number of benzene rings is 1. The summed E-state index contributed by atoms with van der Waals surface area (Å²) < 4.78 is 10.2. The molecule has 0 radical (unpaired) electrons. The van der Waals surface area contributed by atoms with Crippen molar-refractivity contribution in [1.29, 1.82) is 0 Å². The minimum Gasteiger partial charge on any atom is -0.497 e. The van der Waals surface area contributed by atoms with Crippen LogP contribution in [0.25, 0.3) is 0 Å². The Hall–Kier alpha value is -2.01. The molecule has 1 amide bonds. The molecule has 0 spiro atoms. The Morgan fingerprint density at radius 1 is 1.50 bits per heavy atom. The third kappa shape index (κ3) is 3.56. The second-order valence-corrected chi connectivity index (χ2v) is 6.50. The van der Waals surface area contributed by atoms with Crippen LogP contribution >= 0.6 is 11.6 Å². The molecule has 3 rings (SSSR count). The molecular formula is C18H21ClN2O3. The quantitative estimate of drug-likeness (QED) is 0.899. The van der Waals surface area contributed by atoms with Gasteiger partial charge in [-0.2, -0.15) is 0 Å². The highest BCUT2D eigenvalue weighted by molar-refractivity contribution is 6.29. The smallest absolute Gasteiger partial charge is 0.229 e. The summed E-state index contributed by atoms with van der Waals surface area (Å²) in [4.78, 5) is 12.2. The summed E-state index contributed by atoms with van der Waals surface area (Å²) in [6, 6.07) is 6.20. The molecule has 0 saturated heterocycles. The van der Waals surface area contributed by atoms with Crippen LogP contribution in [0.3, 0.4) is 0 Å². The molecule has 0 unspecified atom stereocenters. The highest BCUT2D eigenvalue weighted by Crippen LogP contribution is 2.33. The fourth-order valence-electron chi connectivity index (χ4n) is 3.25. The van der Waals surface area contributed by atoms with Gasteiger partial charge in [0.25, 0.3) is 0 Å². The fourth-order valence-corrected chi connectivity index (χ4v) is 3.49. The second kappa shape index (κ2) is 7.26. The van der Waals surface area contributed by atoms with E-state index in [9.17, 15) is 4.79 Å². The molecule has 1 N–H and O–H groups in total. The first kappa shape index (κ1) is 16.8. The van der Waals surface area contributed by atoms with E-state index in [4.69, 9.17) is 20.9 Å². The van der Waals surface area contributed by atoms with Gasteiger partial charge in [0.05, 0.1) is 19.2 Å². The van der Waals surface area contributed by atoms with Crippen molar-refractivity contribution in [2.45, 2.75) is 38.5 Å². The van der Waals surface area contributed by atoms with Gasteiger partial charge in [0.15, 0.2) is 0 Å². The Morgan fingerprint density at radius 3 is 3.04 bits per heavy atom. The van der Waals surface area contributed by atoms with Crippen LogP contribution in [0.2, 0.25) is 5.22 Å². The van der Waals surface area contributed by atoms with Gasteiger partial charge in [-0.15, -0.1) is 0 Å². The largest absolute Gasteiger partial charge is 0.497 e. The number of nitrogens with zero attached hydrogens (tertiary/aromatic N) is 1. The molecule has 6 heteroatoms. The molecule has 0 aliphatic heterocycles. The van der Waals surface area contributed by atoms with Crippen LogP contribution in [0, 0.1) is 6.92 Å². The van der Waals surface area contributed by atoms with Crippen molar-refractivity contribution in [3.8, 4) is 5.75 Å². The summed E-state index contributed by atoms with van der Waals surface area (Å²) in [6.45, 7) is 2.41. The average molecular weight is 349 g/mol. The molecule has 1 heterocycles. The van der Waals surface area contributed by atoms with Crippen molar-refractivity contribution in [1.82, 2.24) is 10.5 Å². The maximum absolute atomic E-state index is 12.2. The molecule has 1 atom stereocenters. The summed E-state index contributed by atoms with van der Waals surface area (Å²) in [5.74, 6) is 1.16. The Balaban J connectivity index is 1.62. The normalized spacial score (nSPS) is 16.5. The molecule has 24 heavy (non-hydrogen) atoms. The predicted molar refractivity (Wildman–Crippen MR) is 91.6 cm³/mol. The number of rotatable bonds is 5. The van der Waals surface area contributed by atoms with Gasteiger partial charge < -0.3 is 14.6 Å². The van der Waals surface area contributed by atoms with E-state index in [-0.39, 0.29) is 17.5 Å². The lowest BCUT2D eigenvalue weighted by Gasteiger charge is -2.26. The van der Waals surface area contributed by atoms with Crippen LogP contribution in [0.15, 0.2) is 22.7 Å². The number of amides is 1. The molecule has 1 aliphatic carbocycles. The number of hydrogen-bond donors (Lipinski definition) is 1. The van der Waals surface area contributed by atoms with Crippen LogP contribution < -0.4 is 10.1 Å². The van der Waals surface area contributed by atoms with Gasteiger partial charge in [0, 0.05) is 18.0 Å². The predicted octanol–water partition coefficient (Wildman–Crippen LogP) is 3.42. The first-order valence-corrected chi connectivity index (χ1v) is 8.50. The summed E-state index contributed by atoms with van der Waals surface area (Å²) in [6.07, 6.45) is 3.45. The van der Waals surface area contributed by atoms with Crippen LogP contribution in [0.5, 0.6) is 5.75 Å². The van der Waals surface area contributed by atoms with E-state index in [1.807, 2.05) is 6.07 Å². The zero-order chi connectivity index (χ0) is 17.1. The summed E-state index contributed by atoms with van der Waals surface area (Å²) in [5, 5.41) is 6.98. The van der Waals surface area contributed by atoms with Crippen molar-refractivity contribution in [2.24, 2.45) is 0 Å². The van der Waals surface area contributed by atoms with Crippen LogP contribution in [-0.2, 0) is 17.6 Å². The molecule has 1 aromatic heterocycles. The van der Waals surface area contributed by atoms with E-state index < -0.39 is 0 Å². The number of nitrogens with one attached hydrogen (secondary N) is 1. The molecule has 2 aromatic rings. The van der Waals surface area contributed by atoms with E-state index in [1.54, 1.807) is 14.0 Å². The molecule has 128 valence electrons. The van der Waals surface area contributed by atoms with Gasteiger partial charge in [0.2, 0.25) is 11.1 Å². The van der Waals surface area contributed by atoms with Crippen LogP contribution in [-0.4, -0.2) is 24.7 Å². The van der Waals surface area contributed by atoms with Crippen molar-refractivity contribution in [2.75, 3.05) is 13.7 Å². The number of ether oxygens (including phenoxy) is 1. The van der Waals surface area contributed by atoms with E-state index >= 15 is 0 Å². The first-order valence-electron chi connectivity index (χ1n) is 8.12. The standard InChI is InChI=1S/C18H21ClN2O3/c1-11-16(18(19)24-21-11)9-17(22)20-10-13-5-3-4-12-8-14(23-2)6-7-15(12)13/h6-8,13H,3-5,9-10H2,1-2H3,(H,20,22)/t13-/m0/s1. The van der Waals surface area contributed by atoms with Crippen molar-refractivity contribution in [3.63, 3.8) is 0 Å². The van der Waals surface area contributed by atoms with Gasteiger partial charge in [0.1, 0.15) is 5.75 Å². The summed E-state index contributed by atoms with van der Waals surface area (Å²) in [7, 11) is 1.68. The summed E-state index contributed by atoms with van der Waals surface area (Å²) in [5.41, 5.74) is 3.94. The number of hydrogen-bond acceptors (Lipinski definition) is 4. The Kier molecular flexibility index (Phi) is 5.09. The van der Waals surface area contributed by atoms with Gasteiger partial charge in [-0.25, -0.2) is 0 Å². The zero-order valence-corrected chi connectivity index (χ0v) is 14.7. The van der Waals surface area contributed by atoms with Crippen molar-refractivity contribution < 1.29 is 14.1 Å². The second-order valence-electron chi connectivity index (χ2n) is 6.15. The number of aromatic nitrogens is 1. The first-order chi connectivity index (χ1) is 11.6. The lowest BCUT2D eigenvalue weighted by Crippen LogP contribution is -2.31. The number of halogens is 1. The molecule has 0 saturated carbocycles. The van der Waals surface area contributed by atoms with E-state index in [0.29, 0.717) is 23.7 Å². The minimum atomic E-state index is -0.0659. The van der Waals surface area contributed by atoms with Gasteiger partial charge in [-0.1, -0.05) is 11.2 Å². The van der Waals surface area contributed by atoms with Gasteiger partial charge >= 0.3 is 0 Å². The number of carbonyl (C=O) groups excluding carboxylic acids is 1. The maximum Gasteiger partial charge on any atom is 0.229 e. The summed E-state index contributed by atoms with van der Waals surface area (Å²) >= 11 is 5.91. The monoisotopic (exact) mass is 348 g/mol. The molecule has 1 aromatic carbocycles. The molecule has 1 aliphatic rings. The van der Waals surface area contributed by atoms with E-state index in [0.717, 1.165) is 25.0 Å². The SMILES string of the molecule is COc1ccc2c(c1)CCC[C@H]2CNC(=O)Cc1c(C)noc1Cl. The minimum absolute atomic E-state index is 0.0659. The zero-order valence-electron chi connectivity index (χ0n) is 13.9. The Bertz CT molecular complexity index is 722. The average Bonchev–Trinajstić information content (AvgIpc) is 2.91. The van der Waals surface area contributed by atoms with Crippen LogP contribution in [0.1, 0.15) is 41.1 Å². The third-order valence-electron chi connectivity index (χ3n) is 4.61. The van der Waals surface area contributed by atoms with Gasteiger partial charge in [-0.05, 0) is 61.0 Å². The highest BCUT2D eigenvalue weighted by Gasteiger charge is 2.22. The number of methoxy groups -OCH3 is 1. The third-order valence-corrected chi connectivity index (χ3v) is 4.91. The lowest BCUT2D eigenvalue weighted by atomic mass is 9.82. The van der Waals surface area contributed by atoms with Crippen molar-refractivity contribution >= 4 is 17.5 Å². The molecule has 0 fully saturated rings. The fraction of sp³-hybridized carbons (Fsp3) is 0.444. The number of fused-ring (bicyclic) bond motifs is 1. The Labute approximate surface area is 146 Å². The maximum atomic E-state index is 12.2. The van der Waals surface area contributed by atoms with Crippen molar-refractivity contribution in [3.05, 3.63) is 45.8 Å². The lowest BCUT2D eigenvalue weighted by molar-refractivity contribution is -0.120. The molecule has 0 bridgehead atoms.